The Morgan fingerprint density at radius 1 is 1.11 bits per heavy atom. The van der Waals surface area contributed by atoms with E-state index in [2.05, 4.69) is 0 Å². The molecule has 0 saturated carbocycles. The molecule has 2 amide bonds. The summed E-state index contributed by atoms with van der Waals surface area (Å²) in [6.07, 6.45) is 1.07. The normalized spacial score (nSPS) is 19.1. The molecule has 1 aromatic rings. The molecule has 0 spiro atoms. The zero-order valence-electron chi connectivity index (χ0n) is 17.4. The molecule has 1 heterocycles. The third-order valence-corrected chi connectivity index (χ3v) is 3.91. The summed E-state index contributed by atoms with van der Waals surface area (Å²) in [4.78, 5) is 39.1. The Hall–Kier alpha value is -2.63. The summed E-state index contributed by atoms with van der Waals surface area (Å²) in [5.41, 5.74) is 0.189. The summed E-state index contributed by atoms with van der Waals surface area (Å²) in [6.45, 7) is 11.1. The molecule has 0 bridgehead atoms. The molecular formula is C22H29NO5. The zero-order valence-corrected chi connectivity index (χ0v) is 17.4. The minimum absolute atomic E-state index is 0.0742. The minimum Gasteiger partial charge on any atom is -0.459 e. The summed E-state index contributed by atoms with van der Waals surface area (Å²) in [6, 6.07) is 8.21. The van der Waals surface area contributed by atoms with Crippen molar-refractivity contribution in [1.82, 2.24) is 4.90 Å². The Morgan fingerprint density at radius 2 is 1.71 bits per heavy atom. The maximum Gasteiger partial charge on any atom is 0.418 e. The van der Waals surface area contributed by atoms with E-state index in [0.717, 1.165) is 10.5 Å². The van der Waals surface area contributed by atoms with Crippen LogP contribution in [-0.4, -0.2) is 34.5 Å². The zero-order chi connectivity index (χ0) is 21.1. The predicted molar refractivity (Wildman–Crippen MR) is 105 cm³/mol. The van der Waals surface area contributed by atoms with Gasteiger partial charge < -0.3 is 9.47 Å². The maximum absolute atomic E-state index is 12.8. The van der Waals surface area contributed by atoms with Crippen molar-refractivity contribution in [2.24, 2.45) is 5.41 Å². The number of carbonyl (C=O) groups is 3. The van der Waals surface area contributed by atoms with Gasteiger partial charge in [-0.2, -0.15) is 0 Å². The first kappa shape index (κ1) is 21.7. The lowest BCUT2D eigenvalue weighted by Gasteiger charge is -2.26. The fourth-order valence-corrected chi connectivity index (χ4v) is 2.86. The third kappa shape index (κ3) is 5.94. The van der Waals surface area contributed by atoms with E-state index in [4.69, 9.17) is 9.47 Å². The molecule has 2 rings (SSSR count). The van der Waals surface area contributed by atoms with Crippen LogP contribution in [0.5, 0.6) is 0 Å². The molecule has 1 aliphatic rings. The van der Waals surface area contributed by atoms with Gasteiger partial charge in [0.2, 0.25) is 0 Å². The number of nitrogens with zero attached hydrogens (tertiary/aromatic N) is 1. The van der Waals surface area contributed by atoms with E-state index >= 15 is 0 Å². The van der Waals surface area contributed by atoms with Gasteiger partial charge in [-0.15, -0.1) is 0 Å². The Labute approximate surface area is 166 Å². The molecule has 0 unspecified atom stereocenters. The Morgan fingerprint density at radius 3 is 2.25 bits per heavy atom. The smallest absolute Gasteiger partial charge is 0.418 e. The van der Waals surface area contributed by atoms with Gasteiger partial charge in [-0.25, -0.2) is 14.5 Å². The number of imide groups is 1. The molecule has 1 atom stereocenters. The van der Waals surface area contributed by atoms with E-state index in [-0.39, 0.29) is 18.4 Å². The van der Waals surface area contributed by atoms with E-state index in [1.54, 1.807) is 26.8 Å². The highest BCUT2D eigenvalue weighted by molar-refractivity contribution is 6.08. The van der Waals surface area contributed by atoms with Crippen molar-refractivity contribution in [3.05, 3.63) is 47.5 Å². The summed E-state index contributed by atoms with van der Waals surface area (Å²) in [5, 5.41) is 0. The highest BCUT2D eigenvalue weighted by atomic mass is 16.6. The standard InChI is InChI=1S/C22H29NO5/c1-21(2,3)13-16-12-17(19(25)27-14-15-10-8-7-9-11-15)23(18(16)24)20(26)28-22(4,5)6/h7-11,13,17H,12,14H2,1-6H3/t17-/m0/s1. The predicted octanol–water partition coefficient (Wildman–Crippen LogP) is 4.24. The van der Waals surface area contributed by atoms with Crippen LogP contribution in [0.3, 0.4) is 0 Å². The summed E-state index contributed by atoms with van der Waals surface area (Å²) < 4.78 is 10.7. The number of carbonyl (C=O) groups excluding carboxylic acids is 3. The van der Waals surface area contributed by atoms with Crippen LogP contribution in [0.1, 0.15) is 53.5 Å². The molecular weight excluding hydrogens is 358 g/mol. The topological polar surface area (TPSA) is 72.9 Å². The molecule has 1 fully saturated rings. The van der Waals surface area contributed by atoms with E-state index in [1.807, 2.05) is 51.1 Å². The fraction of sp³-hybridized carbons (Fsp3) is 0.500. The molecule has 0 aromatic heterocycles. The van der Waals surface area contributed by atoms with Gasteiger partial charge in [0, 0.05) is 12.0 Å². The van der Waals surface area contributed by atoms with Crippen molar-refractivity contribution in [3.63, 3.8) is 0 Å². The second kappa shape index (κ2) is 8.17. The van der Waals surface area contributed by atoms with Crippen molar-refractivity contribution in [2.45, 2.75) is 66.2 Å². The molecule has 28 heavy (non-hydrogen) atoms. The van der Waals surface area contributed by atoms with Crippen molar-refractivity contribution in [2.75, 3.05) is 0 Å². The van der Waals surface area contributed by atoms with Gasteiger partial charge in [-0.3, -0.25) is 4.79 Å². The highest BCUT2D eigenvalue weighted by Gasteiger charge is 2.46. The first-order chi connectivity index (χ1) is 12.9. The van der Waals surface area contributed by atoms with E-state index < -0.39 is 29.6 Å². The third-order valence-electron chi connectivity index (χ3n) is 3.91. The molecule has 6 heteroatoms. The SMILES string of the molecule is CC(C)(C)C=C1C[C@@H](C(=O)OCc2ccccc2)N(C(=O)OC(C)(C)C)C1=O. The number of hydrogen-bond acceptors (Lipinski definition) is 5. The van der Waals surface area contributed by atoms with E-state index in [1.165, 1.54) is 0 Å². The van der Waals surface area contributed by atoms with Crippen LogP contribution in [0.4, 0.5) is 4.79 Å². The van der Waals surface area contributed by atoms with Gasteiger partial charge in [-0.05, 0) is 31.7 Å². The van der Waals surface area contributed by atoms with Crippen molar-refractivity contribution in [3.8, 4) is 0 Å². The average Bonchev–Trinajstić information content (AvgIpc) is 2.87. The van der Waals surface area contributed by atoms with Crippen LogP contribution < -0.4 is 0 Å². The van der Waals surface area contributed by atoms with Crippen LogP contribution in [0, 0.1) is 5.41 Å². The number of amides is 2. The molecule has 6 nitrogen and oxygen atoms in total. The van der Waals surface area contributed by atoms with Gasteiger partial charge in [0.15, 0.2) is 0 Å². The quantitative estimate of drug-likeness (QED) is 0.573. The van der Waals surface area contributed by atoms with Gasteiger partial charge in [0.25, 0.3) is 5.91 Å². The van der Waals surface area contributed by atoms with E-state index in [0.29, 0.717) is 5.57 Å². The van der Waals surface area contributed by atoms with Crippen molar-refractivity contribution < 1.29 is 23.9 Å². The van der Waals surface area contributed by atoms with Crippen LogP contribution in [0.25, 0.3) is 0 Å². The monoisotopic (exact) mass is 387 g/mol. The molecule has 1 aromatic carbocycles. The minimum atomic E-state index is -1.03. The molecule has 1 aliphatic heterocycles. The van der Waals surface area contributed by atoms with Crippen LogP contribution in [-0.2, 0) is 25.7 Å². The van der Waals surface area contributed by atoms with Gasteiger partial charge in [0.05, 0.1) is 0 Å². The second-order valence-electron chi connectivity index (χ2n) is 9.00. The Balaban J connectivity index is 2.24. The van der Waals surface area contributed by atoms with Crippen molar-refractivity contribution in [1.29, 1.82) is 0 Å². The van der Waals surface area contributed by atoms with Gasteiger partial charge >= 0.3 is 12.1 Å². The highest BCUT2D eigenvalue weighted by Crippen LogP contribution is 2.31. The van der Waals surface area contributed by atoms with Crippen LogP contribution in [0.15, 0.2) is 42.0 Å². The fourth-order valence-electron chi connectivity index (χ4n) is 2.86. The summed E-state index contributed by atoms with van der Waals surface area (Å²) >= 11 is 0. The molecule has 1 saturated heterocycles. The Bertz CT molecular complexity index is 768. The van der Waals surface area contributed by atoms with Gasteiger partial charge in [0.1, 0.15) is 18.2 Å². The summed E-state index contributed by atoms with van der Waals surface area (Å²) in [7, 11) is 0. The van der Waals surface area contributed by atoms with Crippen LogP contribution >= 0.6 is 0 Å². The lowest BCUT2D eigenvalue weighted by molar-refractivity contribution is -0.152. The molecule has 152 valence electrons. The van der Waals surface area contributed by atoms with E-state index in [9.17, 15) is 14.4 Å². The largest absolute Gasteiger partial charge is 0.459 e. The molecule has 0 N–H and O–H groups in total. The lowest BCUT2D eigenvalue weighted by atomic mass is 9.92. The maximum atomic E-state index is 12.8. The first-order valence-corrected chi connectivity index (χ1v) is 9.36. The first-order valence-electron chi connectivity index (χ1n) is 9.36. The number of esters is 1. The second-order valence-corrected chi connectivity index (χ2v) is 9.00. The summed E-state index contributed by atoms with van der Waals surface area (Å²) in [5.74, 6) is -1.13. The Kier molecular flexibility index (Phi) is 6.32. The number of rotatable bonds is 3. The number of ether oxygens (including phenoxy) is 2. The number of likely N-dealkylation sites (tertiary alicyclic amines) is 1. The molecule has 0 aliphatic carbocycles. The number of allylic oxidation sites excluding steroid dienone is 1. The van der Waals surface area contributed by atoms with Gasteiger partial charge in [-0.1, -0.05) is 57.2 Å². The van der Waals surface area contributed by atoms with Crippen molar-refractivity contribution >= 4 is 18.0 Å². The number of hydrogen-bond donors (Lipinski definition) is 0. The lowest BCUT2D eigenvalue weighted by Crippen LogP contribution is -2.46. The average molecular weight is 387 g/mol. The molecule has 0 radical (unpaired) electrons. The van der Waals surface area contributed by atoms with Crippen LogP contribution in [0.2, 0.25) is 0 Å². The number of benzene rings is 1.